The van der Waals surface area contributed by atoms with Crippen LogP contribution in [0.5, 0.6) is 0 Å². The smallest absolute Gasteiger partial charge is 0.232 e. The molecule has 0 bridgehead atoms. The average molecular weight is 333 g/mol. The fraction of sp³-hybridized carbons (Fsp3) is 0.867. The van der Waals surface area contributed by atoms with Gasteiger partial charge in [-0.3, -0.25) is 9.59 Å². The summed E-state index contributed by atoms with van der Waals surface area (Å²) in [5, 5.41) is 2.98. The highest BCUT2D eigenvalue weighted by Gasteiger charge is 2.27. The molecule has 1 heterocycles. The predicted octanol–water partition coefficient (Wildman–Crippen LogP) is 2.24. The van der Waals surface area contributed by atoms with Crippen LogP contribution < -0.4 is 5.32 Å². The van der Waals surface area contributed by atoms with Crippen LogP contribution >= 0.6 is 23.5 Å². The largest absolute Gasteiger partial charge is 0.355 e. The molecule has 0 aromatic heterocycles. The number of amides is 2. The number of nitrogens with zero attached hydrogens (tertiary/aromatic N) is 1. The first-order chi connectivity index (χ1) is 9.83. The zero-order chi connectivity index (χ0) is 15.9. The van der Waals surface area contributed by atoms with E-state index in [1.165, 1.54) is 0 Å². The van der Waals surface area contributed by atoms with Crippen LogP contribution in [0.3, 0.4) is 0 Å². The minimum atomic E-state index is 0.0752. The van der Waals surface area contributed by atoms with E-state index in [9.17, 15) is 9.59 Å². The Labute approximate surface area is 137 Å². The Morgan fingerprint density at radius 2 is 1.86 bits per heavy atom. The van der Waals surface area contributed by atoms with Crippen molar-refractivity contribution < 1.29 is 9.59 Å². The standard InChI is InChI=1S/C15H28N2O2S2/c1-15(2,3)21-11-13(18)17-8-5-12(6-9-17)14(19)16-7-10-20-4/h12H,5-11H2,1-4H3,(H,16,19). The lowest BCUT2D eigenvalue weighted by Gasteiger charge is -2.32. The van der Waals surface area contributed by atoms with Gasteiger partial charge in [-0.1, -0.05) is 20.8 Å². The second-order valence-electron chi connectivity index (χ2n) is 6.34. The lowest BCUT2D eigenvalue weighted by atomic mass is 9.96. The number of thioether (sulfide) groups is 2. The highest BCUT2D eigenvalue weighted by molar-refractivity contribution is 8.01. The molecule has 0 saturated carbocycles. The third-order valence-electron chi connectivity index (χ3n) is 3.45. The topological polar surface area (TPSA) is 49.4 Å². The molecule has 0 radical (unpaired) electrons. The van der Waals surface area contributed by atoms with E-state index in [2.05, 4.69) is 26.1 Å². The first-order valence-corrected chi connectivity index (χ1v) is 9.90. The molecule has 1 fully saturated rings. The van der Waals surface area contributed by atoms with Crippen LogP contribution in [0.1, 0.15) is 33.6 Å². The van der Waals surface area contributed by atoms with Gasteiger partial charge in [-0.15, -0.1) is 11.8 Å². The minimum absolute atomic E-state index is 0.0752. The number of hydrogen-bond donors (Lipinski definition) is 1. The average Bonchev–Trinajstić information content (AvgIpc) is 2.44. The number of carbonyl (C=O) groups is 2. The van der Waals surface area contributed by atoms with Crippen LogP contribution in [-0.4, -0.2) is 58.9 Å². The summed E-state index contributed by atoms with van der Waals surface area (Å²) < 4.78 is 0.116. The molecule has 0 atom stereocenters. The summed E-state index contributed by atoms with van der Waals surface area (Å²) in [6, 6.07) is 0. The molecule has 4 nitrogen and oxygen atoms in total. The van der Waals surface area contributed by atoms with Crippen LogP contribution in [0.4, 0.5) is 0 Å². The molecule has 0 aromatic carbocycles. The molecular weight excluding hydrogens is 304 g/mol. The summed E-state index contributed by atoms with van der Waals surface area (Å²) >= 11 is 3.42. The molecule has 1 rings (SSSR count). The Kier molecular flexibility index (Phi) is 7.95. The molecule has 122 valence electrons. The molecule has 0 unspecified atom stereocenters. The van der Waals surface area contributed by atoms with Crippen molar-refractivity contribution >= 4 is 35.3 Å². The van der Waals surface area contributed by atoms with E-state index in [1.807, 2.05) is 11.2 Å². The van der Waals surface area contributed by atoms with Crippen molar-refractivity contribution in [3.05, 3.63) is 0 Å². The SMILES string of the molecule is CSCCNC(=O)C1CCN(C(=O)CSC(C)(C)C)CC1. The number of nitrogens with one attached hydrogen (secondary N) is 1. The molecule has 1 saturated heterocycles. The van der Waals surface area contributed by atoms with Gasteiger partial charge < -0.3 is 10.2 Å². The lowest BCUT2D eigenvalue weighted by molar-refractivity contribution is -0.133. The number of piperidine rings is 1. The van der Waals surface area contributed by atoms with Crippen molar-refractivity contribution in [2.45, 2.75) is 38.4 Å². The van der Waals surface area contributed by atoms with Crippen molar-refractivity contribution in [3.63, 3.8) is 0 Å². The number of hydrogen-bond acceptors (Lipinski definition) is 4. The van der Waals surface area contributed by atoms with Crippen LogP contribution in [-0.2, 0) is 9.59 Å². The number of rotatable bonds is 6. The van der Waals surface area contributed by atoms with Crippen LogP contribution in [0.15, 0.2) is 0 Å². The summed E-state index contributed by atoms with van der Waals surface area (Å²) in [5.41, 5.74) is 0. The second-order valence-corrected chi connectivity index (χ2v) is 9.13. The summed E-state index contributed by atoms with van der Waals surface area (Å²) in [6.45, 7) is 8.53. The highest BCUT2D eigenvalue weighted by Crippen LogP contribution is 2.24. The van der Waals surface area contributed by atoms with Gasteiger partial charge in [-0.25, -0.2) is 0 Å². The van der Waals surface area contributed by atoms with Gasteiger partial charge in [-0.05, 0) is 19.1 Å². The minimum Gasteiger partial charge on any atom is -0.355 e. The third-order valence-corrected chi connectivity index (χ3v) is 5.32. The van der Waals surface area contributed by atoms with Gasteiger partial charge in [0.15, 0.2) is 0 Å². The van der Waals surface area contributed by atoms with Crippen molar-refractivity contribution in [1.82, 2.24) is 10.2 Å². The maximum absolute atomic E-state index is 12.1. The maximum Gasteiger partial charge on any atom is 0.232 e. The Morgan fingerprint density at radius 3 is 2.38 bits per heavy atom. The molecule has 1 aliphatic heterocycles. The van der Waals surface area contributed by atoms with Gasteiger partial charge in [0.05, 0.1) is 5.75 Å². The van der Waals surface area contributed by atoms with Crippen molar-refractivity contribution in [1.29, 1.82) is 0 Å². The summed E-state index contributed by atoms with van der Waals surface area (Å²) in [7, 11) is 0. The Bertz CT molecular complexity index is 348. The molecule has 6 heteroatoms. The second kappa shape index (κ2) is 8.93. The van der Waals surface area contributed by atoms with Crippen molar-refractivity contribution in [3.8, 4) is 0 Å². The third kappa shape index (κ3) is 7.45. The lowest BCUT2D eigenvalue weighted by Crippen LogP contribution is -2.44. The van der Waals surface area contributed by atoms with E-state index < -0.39 is 0 Å². The molecule has 0 aromatic rings. The zero-order valence-corrected chi connectivity index (χ0v) is 15.2. The molecular formula is C15H28N2O2S2. The van der Waals surface area contributed by atoms with Gasteiger partial charge in [0, 0.05) is 36.1 Å². The summed E-state index contributed by atoms with van der Waals surface area (Å²) in [5.74, 6) is 1.92. The van der Waals surface area contributed by atoms with Gasteiger partial charge in [-0.2, -0.15) is 11.8 Å². The first kappa shape index (κ1) is 18.7. The van der Waals surface area contributed by atoms with Crippen LogP contribution in [0.25, 0.3) is 0 Å². The van der Waals surface area contributed by atoms with E-state index >= 15 is 0 Å². The fourth-order valence-electron chi connectivity index (χ4n) is 2.18. The van der Waals surface area contributed by atoms with Gasteiger partial charge in [0.25, 0.3) is 0 Å². The van der Waals surface area contributed by atoms with E-state index in [-0.39, 0.29) is 22.5 Å². The molecule has 21 heavy (non-hydrogen) atoms. The molecule has 1 aliphatic rings. The van der Waals surface area contributed by atoms with E-state index in [4.69, 9.17) is 0 Å². The molecule has 2 amide bonds. The van der Waals surface area contributed by atoms with Crippen LogP contribution in [0.2, 0.25) is 0 Å². The van der Waals surface area contributed by atoms with E-state index in [0.29, 0.717) is 18.8 Å². The predicted molar refractivity (Wildman–Crippen MR) is 92.9 cm³/mol. The Morgan fingerprint density at radius 1 is 1.24 bits per heavy atom. The fourth-order valence-corrected chi connectivity index (χ4v) is 3.23. The van der Waals surface area contributed by atoms with E-state index in [1.54, 1.807) is 23.5 Å². The molecule has 1 N–H and O–H groups in total. The quantitative estimate of drug-likeness (QED) is 0.758. The van der Waals surface area contributed by atoms with Gasteiger partial charge in [0.1, 0.15) is 0 Å². The van der Waals surface area contributed by atoms with E-state index in [0.717, 1.165) is 25.1 Å². The normalized spacial score (nSPS) is 16.9. The Hall–Kier alpha value is -0.360. The van der Waals surface area contributed by atoms with Gasteiger partial charge in [0.2, 0.25) is 11.8 Å². The first-order valence-electron chi connectivity index (χ1n) is 7.52. The van der Waals surface area contributed by atoms with Crippen molar-refractivity contribution in [2.24, 2.45) is 5.92 Å². The monoisotopic (exact) mass is 332 g/mol. The maximum atomic E-state index is 12.1. The summed E-state index contributed by atoms with van der Waals surface area (Å²) in [6.07, 6.45) is 3.61. The van der Waals surface area contributed by atoms with Crippen LogP contribution in [0, 0.1) is 5.92 Å². The van der Waals surface area contributed by atoms with Crippen molar-refractivity contribution in [2.75, 3.05) is 37.4 Å². The molecule has 0 spiro atoms. The van der Waals surface area contributed by atoms with Gasteiger partial charge >= 0.3 is 0 Å². The highest BCUT2D eigenvalue weighted by atomic mass is 32.2. The Balaban J connectivity index is 2.28. The molecule has 0 aliphatic carbocycles. The zero-order valence-electron chi connectivity index (χ0n) is 13.6. The number of likely N-dealkylation sites (tertiary alicyclic amines) is 1. The summed E-state index contributed by atoms with van der Waals surface area (Å²) in [4.78, 5) is 26.0. The number of carbonyl (C=O) groups excluding carboxylic acids is 2.